The molecule has 0 aliphatic rings. The van der Waals surface area contributed by atoms with E-state index in [9.17, 15) is 12.6 Å². The predicted molar refractivity (Wildman–Crippen MR) is 42.8 cm³/mol. The summed E-state index contributed by atoms with van der Waals surface area (Å²) in [6.07, 6.45) is 0.741. The number of hydrogen-bond donors (Lipinski definition) is 2. The Kier molecular flexibility index (Phi) is 4.82. The van der Waals surface area contributed by atoms with Crippen molar-refractivity contribution in [3.63, 3.8) is 0 Å². The Hall–Kier alpha value is 0.0200. The third-order valence-corrected chi connectivity index (χ3v) is 2.49. The van der Waals surface area contributed by atoms with Gasteiger partial charge in [-0.1, -0.05) is 0 Å². The molecule has 0 aliphatic carbocycles. The highest BCUT2D eigenvalue weighted by molar-refractivity contribution is 7.89. The number of sulfonamides is 1. The highest BCUT2D eigenvalue weighted by atomic mass is 32.2. The van der Waals surface area contributed by atoms with Gasteiger partial charge in [-0.3, -0.25) is 0 Å². The lowest BCUT2D eigenvalue weighted by Crippen LogP contribution is -2.16. The maximum atomic E-state index is 10.3. The molecule has 0 fully saturated rings. The Balaban J connectivity index is 3.37. The van der Waals surface area contributed by atoms with E-state index in [4.69, 9.17) is 4.55 Å². The predicted octanol–water partition coefficient (Wildman–Crippen LogP) is -0.723. The maximum Gasteiger partial charge on any atom is 0.209 e. The molecule has 0 saturated heterocycles. The quantitative estimate of drug-likeness (QED) is 0.453. The molecule has 0 heterocycles. The molecule has 0 aromatic heterocycles. The van der Waals surface area contributed by atoms with E-state index in [1.165, 1.54) is 0 Å². The second-order valence-electron chi connectivity index (χ2n) is 2.10. The average Bonchev–Trinajstić information content (AvgIpc) is 1.78. The minimum absolute atomic E-state index is 0.107. The molecule has 0 radical (unpaired) electrons. The lowest BCUT2D eigenvalue weighted by Gasteiger charge is -1.95. The van der Waals surface area contributed by atoms with Crippen molar-refractivity contribution >= 4 is 21.1 Å². The largest absolute Gasteiger partial charge is 0.306 e. The number of unbranched alkanes of at least 4 members (excludes halogenated alkanes) is 1. The Morgan fingerprint density at radius 1 is 1.36 bits per heavy atom. The average molecular weight is 201 g/mol. The summed E-state index contributed by atoms with van der Waals surface area (Å²) in [7, 11) is -3.40. The number of rotatable bonds is 5. The fourth-order valence-corrected chi connectivity index (χ4v) is 1.59. The van der Waals surface area contributed by atoms with Crippen LogP contribution in [0.5, 0.6) is 0 Å². The molecular weight excluding hydrogens is 190 g/mol. The fourth-order valence-electron chi connectivity index (χ4n) is 0.529. The van der Waals surface area contributed by atoms with E-state index in [1.807, 2.05) is 0 Å². The second-order valence-corrected chi connectivity index (χ2v) is 4.88. The molecule has 0 rings (SSSR count). The van der Waals surface area contributed by atoms with Crippen molar-refractivity contribution in [2.24, 2.45) is 5.14 Å². The van der Waals surface area contributed by atoms with Crippen molar-refractivity contribution in [3.05, 3.63) is 0 Å². The molecule has 11 heavy (non-hydrogen) atoms. The fraction of sp³-hybridized carbons (Fsp3) is 1.00. The molecule has 0 aromatic carbocycles. The van der Waals surface area contributed by atoms with Gasteiger partial charge in [-0.25, -0.2) is 17.8 Å². The first kappa shape index (κ1) is 11.0. The molecule has 0 bridgehead atoms. The Morgan fingerprint density at radius 2 is 1.91 bits per heavy atom. The first-order chi connectivity index (χ1) is 4.92. The van der Waals surface area contributed by atoms with Crippen molar-refractivity contribution < 1.29 is 17.2 Å². The summed E-state index contributed by atoms with van der Waals surface area (Å²) < 4.78 is 39.0. The van der Waals surface area contributed by atoms with Crippen LogP contribution in [-0.2, 0) is 21.1 Å². The molecule has 0 aliphatic heterocycles. The van der Waals surface area contributed by atoms with Gasteiger partial charge in [0.15, 0.2) is 11.1 Å². The van der Waals surface area contributed by atoms with Gasteiger partial charge in [0.05, 0.1) is 5.75 Å². The van der Waals surface area contributed by atoms with Gasteiger partial charge in [0, 0.05) is 5.75 Å². The van der Waals surface area contributed by atoms with Crippen LogP contribution >= 0.6 is 0 Å². The molecule has 0 amide bonds. The van der Waals surface area contributed by atoms with Crippen LogP contribution in [-0.4, -0.2) is 28.7 Å². The Labute approximate surface area is 68.3 Å². The zero-order chi connectivity index (χ0) is 8.91. The minimum Gasteiger partial charge on any atom is -0.306 e. The molecule has 3 N–H and O–H groups in total. The molecule has 0 aromatic rings. The number of nitrogens with two attached hydrogens (primary N) is 1. The van der Waals surface area contributed by atoms with Gasteiger partial charge in [0.2, 0.25) is 10.0 Å². The molecular formula is C4H11NO4S2. The van der Waals surface area contributed by atoms with E-state index in [0.717, 1.165) is 0 Å². The van der Waals surface area contributed by atoms with E-state index in [0.29, 0.717) is 12.8 Å². The van der Waals surface area contributed by atoms with Crippen LogP contribution in [0.25, 0.3) is 0 Å². The smallest absolute Gasteiger partial charge is 0.209 e. The molecule has 68 valence electrons. The molecule has 1 unspecified atom stereocenters. The van der Waals surface area contributed by atoms with E-state index >= 15 is 0 Å². The highest BCUT2D eigenvalue weighted by Crippen LogP contribution is 1.93. The topological polar surface area (TPSA) is 97.5 Å². The normalized spacial score (nSPS) is 14.7. The first-order valence-corrected chi connectivity index (χ1v) is 5.99. The third-order valence-electron chi connectivity index (χ3n) is 0.998. The SMILES string of the molecule is NS(=O)(=O)CCCCS(=O)O. The van der Waals surface area contributed by atoms with E-state index in [-0.39, 0.29) is 11.5 Å². The summed E-state index contributed by atoms with van der Waals surface area (Å²) in [5, 5.41) is 4.69. The van der Waals surface area contributed by atoms with Crippen LogP contribution in [0, 0.1) is 0 Å². The van der Waals surface area contributed by atoms with Crippen LogP contribution < -0.4 is 5.14 Å². The molecule has 0 saturated carbocycles. The summed E-state index contributed by atoms with van der Waals surface area (Å²) in [5.41, 5.74) is 0. The summed E-state index contributed by atoms with van der Waals surface area (Å²) in [5.74, 6) is -0.0142. The van der Waals surface area contributed by atoms with Crippen molar-refractivity contribution in [2.45, 2.75) is 12.8 Å². The molecule has 0 spiro atoms. The van der Waals surface area contributed by atoms with Crippen LogP contribution in [0.1, 0.15) is 12.8 Å². The lowest BCUT2D eigenvalue weighted by molar-refractivity contribution is 0.559. The van der Waals surface area contributed by atoms with E-state index < -0.39 is 21.1 Å². The molecule has 5 nitrogen and oxygen atoms in total. The van der Waals surface area contributed by atoms with E-state index in [2.05, 4.69) is 5.14 Å². The van der Waals surface area contributed by atoms with Gasteiger partial charge in [-0.15, -0.1) is 0 Å². The van der Waals surface area contributed by atoms with Crippen molar-refractivity contribution in [1.82, 2.24) is 0 Å². The number of hydrogen-bond acceptors (Lipinski definition) is 3. The lowest BCUT2D eigenvalue weighted by atomic mass is 10.4. The van der Waals surface area contributed by atoms with Gasteiger partial charge < -0.3 is 4.55 Å². The van der Waals surface area contributed by atoms with Crippen molar-refractivity contribution in [3.8, 4) is 0 Å². The van der Waals surface area contributed by atoms with Gasteiger partial charge in [-0.2, -0.15) is 0 Å². The van der Waals surface area contributed by atoms with Gasteiger partial charge in [-0.05, 0) is 12.8 Å². The van der Waals surface area contributed by atoms with Gasteiger partial charge in [0.25, 0.3) is 0 Å². The minimum atomic E-state index is -3.40. The zero-order valence-electron chi connectivity index (χ0n) is 5.89. The van der Waals surface area contributed by atoms with Crippen molar-refractivity contribution in [2.75, 3.05) is 11.5 Å². The Bertz CT molecular complexity index is 222. The van der Waals surface area contributed by atoms with Crippen LogP contribution in [0.3, 0.4) is 0 Å². The zero-order valence-corrected chi connectivity index (χ0v) is 7.53. The van der Waals surface area contributed by atoms with Crippen LogP contribution in [0.4, 0.5) is 0 Å². The monoisotopic (exact) mass is 201 g/mol. The number of primary sulfonamides is 1. The summed E-state index contributed by atoms with van der Waals surface area (Å²) in [6, 6.07) is 0. The maximum absolute atomic E-state index is 10.3. The van der Waals surface area contributed by atoms with Gasteiger partial charge >= 0.3 is 0 Å². The highest BCUT2D eigenvalue weighted by Gasteiger charge is 2.02. The van der Waals surface area contributed by atoms with Gasteiger partial charge in [0.1, 0.15) is 0 Å². The van der Waals surface area contributed by atoms with Crippen LogP contribution in [0.2, 0.25) is 0 Å². The Morgan fingerprint density at radius 3 is 2.27 bits per heavy atom. The standard InChI is InChI=1S/C4H11NO4S2/c5-11(8,9)4-2-1-3-10(6)7/h1-4H2,(H,6,7)(H2,5,8,9). The van der Waals surface area contributed by atoms with Crippen LogP contribution in [0.15, 0.2) is 0 Å². The summed E-state index contributed by atoms with van der Waals surface area (Å²) >= 11 is -1.83. The molecule has 1 atom stereocenters. The molecule has 7 heteroatoms. The third kappa shape index (κ3) is 10.0. The van der Waals surface area contributed by atoms with E-state index in [1.54, 1.807) is 0 Å². The van der Waals surface area contributed by atoms with Crippen molar-refractivity contribution in [1.29, 1.82) is 0 Å². The summed E-state index contributed by atoms with van der Waals surface area (Å²) in [4.78, 5) is 0. The first-order valence-electron chi connectivity index (χ1n) is 3.00. The second kappa shape index (κ2) is 4.81. The summed E-state index contributed by atoms with van der Waals surface area (Å²) in [6.45, 7) is 0.